The van der Waals surface area contributed by atoms with Gasteiger partial charge < -0.3 is 19.9 Å². The van der Waals surface area contributed by atoms with Crippen LogP contribution in [0.1, 0.15) is 75.0 Å². The van der Waals surface area contributed by atoms with Gasteiger partial charge in [0.05, 0.1) is 28.1 Å². The second kappa shape index (κ2) is 9.39. The summed E-state index contributed by atoms with van der Waals surface area (Å²) in [5.41, 5.74) is 9.28. The van der Waals surface area contributed by atoms with Crippen molar-refractivity contribution in [2.45, 2.75) is 70.6 Å². The number of carbonyl (C=O) groups excluding carboxylic acids is 1. The summed E-state index contributed by atoms with van der Waals surface area (Å²) in [7, 11) is 0. The van der Waals surface area contributed by atoms with Crippen LogP contribution in [-0.2, 0) is 15.1 Å². The number of nitrogens with zero attached hydrogens (tertiary/aromatic N) is 6. The number of fused-ring (bicyclic) bond motifs is 2. The lowest BCUT2D eigenvalue weighted by atomic mass is 9.82. The molecule has 1 aliphatic carbocycles. The molecule has 1 aliphatic heterocycles. The summed E-state index contributed by atoms with van der Waals surface area (Å²) >= 11 is 0. The summed E-state index contributed by atoms with van der Waals surface area (Å²) in [6.45, 7) is 9.26. The van der Waals surface area contributed by atoms with E-state index in [2.05, 4.69) is 25.3 Å². The third-order valence-electron chi connectivity index (χ3n) is 7.62. The van der Waals surface area contributed by atoms with Crippen LogP contribution in [0.25, 0.3) is 21.2 Å². The highest BCUT2D eigenvalue weighted by atomic mass is 16.6. The first-order valence-electron chi connectivity index (χ1n) is 12.7. The monoisotopic (exact) mass is 531 g/mol. The molecule has 0 unspecified atom stereocenters. The van der Waals surface area contributed by atoms with Crippen molar-refractivity contribution in [3.63, 3.8) is 0 Å². The van der Waals surface area contributed by atoms with Gasteiger partial charge in [0.1, 0.15) is 23.3 Å². The summed E-state index contributed by atoms with van der Waals surface area (Å²) in [4.78, 5) is 40.4. The molecule has 0 bridgehead atoms. The summed E-state index contributed by atoms with van der Waals surface area (Å²) in [6, 6.07) is 5.19. The molecule has 0 radical (unpaired) electrons. The predicted molar refractivity (Wildman–Crippen MR) is 142 cm³/mol. The average molecular weight is 532 g/mol. The van der Waals surface area contributed by atoms with Gasteiger partial charge in [0.2, 0.25) is 5.88 Å². The van der Waals surface area contributed by atoms with Crippen LogP contribution in [0.15, 0.2) is 35.7 Å². The molecule has 0 saturated heterocycles. The van der Waals surface area contributed by atoms with Crippen molar-refractivity contribution in [1.29, 1.82) is 0 Å². The van der Waals surface area contributed by atoms with Crippen molar-refractivity contribution in [2.75, 3.05) is 5.32 Å². The Morgan fingerprint density at radius 1 is 1.23 bits per heavy atom. The number of cyclic esters (lactones) is 1. The number of aromatic nitrogens is 3. The Morgan fingerprint density at radius 2 is 1.97 bits per heavy atom. The lowest BCUT2D eigenvalue weighted by molar-refractivity contribution is -0.148. The molecular formula is C27H29N7O5. The number of esters is 1. The first-order chi connectivity index (χ1) is 18.4. The molecule has 1 atom stereocenters. The number of carboxylic acid groups (broad SMARTS) is 1. The molecule has 2 N–H and O–H groups in total. The van der Waals surface area contributed by atoms with E-state index in [0.29, 0.717) is 58.0 Å². The molecule has 0 amide bonds. The Hall–Kier alpha value is -4.44. The summed E-state index contributed by atoms with van der Waals surface area (Å²) in [5.74, 6) is -0.453. The van der Waals surface area contributed by atoms with Crippen LogP contribution in [0.4, 0.5) is 11.6 Å². The van der Waals surface area contributed by atoms with Gasteiger partial charge >= 0.3 is 11.9 Å². The minimum absolute atomic E-state index is 0.120. The van der Waals surface area contributed by atoms with Gasteiger partial charge in [0.15, 0.2) is 0 Å². The van der Waals surface area contributed by atoms with E-state index in [1.807, 2.05) is 20.8 Å². The molecular weight excluding hydrogens is 502 g/mol. The van der Waals surface area contributed by atoms with Crippen molar-refractivity contribution >= 4 is 34.3 Å². The fourth-order valence-electron chi connectivity index (χ4n) is 4.84. The zero-order valence-corrected chi connectivity index (χ0v) is 22.3. The predicted octanol–water partition coefficient (Wildman–Crippen LogP) is 5.61. The third kappa shape index (κ3) is 4.79. The van der Waals surface area contributed by atoms with Gasteiger partial charge in [-0.2, -0.15) is 0 Å². The Morgan fingerprint density at radius 3 is 2.67 bits per heavy atom. The SMILES string of the molecule is C[C@@H]1c2nc(Nc3cc4c(C(C)(C)N=[N+]=[N-])cnc(O[C@H]5C[C@@H](C(=O)O)C5)c4cn3)ccc2C(=O)OC1(C)C. The molecule has 0 spiro atoms. The van der Waals surface area contributed by atoms with Crippen molar-refractivity contribution in [3.8, 4) is 5.88 Å². The molecule has 1 fully saturated rings. The fourth-order valence-corrected chi connectivity index (χ4v) is 4.84. The molecule has 3 aromatic rings. The zero-order valence-electron chi connectivity index (χ0n) is 22.3. The van der Waals surface area contributed by atoms with Gasteiger partial charge in [-0.3, -0.25) is 4.79 Å². The minimum Gasteiger partial charge on any atom is -0.481 e. The number of nitrogens with one attached hydrogen (secondary N) is 1. The van der Waals surface area contributed by atoms with Crippen LogP contribution in [0.5, 0.6) is 5.88 Å². The van der Waals surface area contributed by atoms with Crippen LogP contribution >= 0.6 is 0 Å². The highest BCUT2D eigenvalue weighted by molar-refractivity contribution is 5.93. The summed E-state index contributed by atoms with van der Waals surface area (Å²) < 4.78 is 11.6. The first-order valence-corrected chi connectivity index (χ1v) is 12.7. The van der Waals surface area contributed by atoms with Crippen molar-refractivity contribution in [3.05, 3.63) is 57.9 Å². The Bertz CT molecular complexity index is 1540. The van der Waals surface area contributed by atoms with Crippen molar-refractivity contribution in [1.82, 2.24) is 15.0 Å². The van der Waals surface area contributed by atoms with Crippen molar-refractivity contribution < 1.29 is 24.2 Å². The van der Waals surface area contributed by atoms with Gasteiger partial charge in [-0.1, -0.05) is 25.9 Å². The molecule has 202 valence electrons. The molecule has 12 heteroatoms. The zero-order chi connectivity index (χ0) is 28.1. The maximum Gasteiger partial charge on any atom is 0.340 e. The minimum atomic E-state index is -0.923. The lowest BCUT2D eigenvalue weighted by Crippen LogP contribution is -2.39. The number of hydrogen-bond acceptors (Lipinski definition) is 9. The van der Waals surface area contributed by atoms with E-state index in [-0.39, 0.29) is 12.0 Å². The van der Waals surface area contributed by atoms with E-state index in [1.165, 1.54) is 0 Å². The third-order valence-corrected chi connectivity index (χ3v) is 7.62. The average Bonchev–Trinajstić information content (AvgIpc) is 2.83. The van der Waals surface area contributed by atoms with Gasteiger partial charge in [-0.25, -0.2) is 19.7 Å². The molecule has 3 aromatic heterocycles. The lowest BCUT2D eigenvalue weighted by Gasteiger charge is -2.36. The van der Waals surface area contributed by atoms with Crippen LogP contribution < -0.4 is 10.1 Å². The first kappa shape index (κ1) is 26.2. The molecule has 2 aliphatic rings. The number of carbonyl (C=O) groups is 2. The van der Waals surface area contributed by atoms with E-state index < -0.39 is 29.0 Å². The van der Waals surface area contributed by atoms with Crippen LogP contribution in [0.2, 0.25) is 0 Å². The topological polar surface area (TPSA) is 172 Å². The number of carboxylic acids is 1. The number of hydrogen-bond donors (Lipinski definition) is 2. The summed E-state index contributed by atoms with van der Waals surface area (Å²) in [6.07, 6.45) is 3.78. The molecule has 1 saturated carbocycles. The van der Waals surface area contributed by atoms with Gasteiger partial charge in [-0.15, -0.1) is 0 Å². The van der Waals surface area contributed by atoms with Crippen molar-refractivity contribution in [2.24, 2.45) is 11.0 Å². The second-order valence-corrected chi connectivity index (χ2v) is 11.1. The second-order valence-electron chi connectivity index (χ2n) is 11.1. The smallest absolute Gasteiger partial charge is 0.340 e. The highest BCUT2D eigenvalue weighted by Crippen LogP contribution is 2.40. The van der Waals surface area contributed by atoms with Gasteiger partial charge in [0.25, 0.3) is 0 Å². The Balaban J connectivity index is 1.51. The molecule has 4 heterocycles. The van der Waals surface area contributed by atoms with E-state index >= 15 is 0 Å². The quantitative estimate of drug-likeness (QED) is 0.170. The van der Waals surface area contributed by atoms with Gasteiger partial charge in [-0.05, 0) is 61.4 Å². The van der Waals surface area contributed by atoms with Crippen LogP contribution in [-0.4, -0.2) is 43.7 Å². The Labute approximate surface area is 224 Å². The number of azide groups is 1. The number of aliphatic carboxylic acids is 1. The van der Waals surface area contributed by atoms with E-state index in [4.69, 9.17) is 20.0 Å². The summed E-state index contributed by atoms with van der Waals surface area (Å²) in [5, 5.41) is 17.7. The number of anilines is 2. The highest BCUT2D eigenvalue weighted by Gasteiger charge is 2.40. The number of rotatable bonds is 7. The maximum atomic E-state index is 12.5. The van der Waals surface area contributed by atoms with E-state index in [9.17, 15) is 14.7 Å². The standard InChI is InChI=1S/C27H29N7O5/c1-13-22-16(25(37)39-27(13,4)5)6-7-20(32-22)31-21-10-17-18(11-29-21)23(38-15-8-14(9-15)24(35)36)30-12-19(17)26(2,3)33-34-28/h6-7,10-15H,8-9H2,1-5H3,(H,35,36)(H,29,31,32)/t13-,14-,15+/m1/s1. The largest absolute Gasteiger partial charge is 0.481 e. The van der Waals surface area contributed by atoms with Crippen LogP contribution in [0.3, 0.4) is 0 Å². The molecule has 5 rings (SSSR count). The van der Waals surface area contributed by atoms with Crippen LogP contribution in [0, 0.1) is 5.92 Å². The normalized spacial score (nSPS) is 21.7. The molecule has 39 heavy (non-hydrogen) atoms. The maximum absolute atomic E-state index is 12.5. The number of pyridine rings is 3. The molecule has 12 nitrogen and oxygen atoms in total. The fraction of sp³-hybridized carbons (Fsp3) is 0.444. The van der Waals surface area contributed by atoms with E-state index in [0.717, 1.165) is 0 Å². The van der Waals surface area contributed by atoms with E-state index in [1.54, 1.807) is 44.4 Å². The number of ether oxygens (including phenoxy) is 2. The molecule has 0 aromatic carbocycles. The van der Waals surface area contributed by atoms with Gasteiger partial charge in [0, 0.05) is 23.2 Å². The Kier molecular flexibility index (Phi) is 6.30.